The molecule has 0 aliphatic heterocycles. The Kier molecular flexibility index (Phi) is 2.91. The van der Waals surface area contributed by atoms with Gasteiger partial charge in [0, 0.05) is 12.1 Å². The molecule has 2 nitrogen and oxygen atoms in total. The second kappa shape index (κ2) is 4.35. The largest absolute Gasteiger partial charge is 0.404 e. The van der Waals surface area contributed by atoms with E-state index in [-0.39, 0.29) is 0 Å². The number of nitrogens with two attached hydrogens (primary N) is 1. The zero-order valence-electron chi connectivity index (χ0n) is 9.64. The number of aromatic nitrogens is 1. The molecule has 0 radical (unpaired) electrons. The Balaban J connectivity index is 2.45. The highest BCUT2D eigenvalue weighted by Gasteiger charge is 2.17. The first-order valence-electron chi connectivity index (χ1n) is 5.46. The van der Waals surface area contributed by atoms with Crippen molar-refractivity contribution in [3.05, 3.63) is 59.6 Å². The molecule has 0 saturated carbocycles. The summed E-state index contributed by atoms with van der Waals surface area (Å²) in [6.45, 7) is 4.31. The average molecular weight is 212 g/mol. The van der Waals surface area contributed by atoms with E-state index in [0.717, 1.165) is 11.3 Å². The molecule has 0 spiro atoms. The summed E-state index contributed by atoms with van der Waals surface area (Å²) >= 11 is 0. The van der Waals surface area contributed by atoms with Gasteiger partial charge in [0.1, 0.15) is 0 Å². The van der Waals surface area contributed by atoms with Gasteiger partial charge in [0.25, 0.3) is 0 Å². The van der Waals surface area contributed by atoms with Gasteiger partial charge in [-0.25, -0.2) is 0 Å². The van der Waals surface area contributed by atoms with Crippen LogP contribution < -0.4 is 5.73 Å². The lowest BCUT2D eigenvalue weighted by molar-refractivity contribution is 0.815. The van der Waals surface area contributed by atoms with Crippen LogP contribution >= 0.6 is 0 Å². The van der Waals surface area contributed by atoms with Crippen LogP contribution in [0.5, 0.6) is 0 Å². The van der Waals surface area contributed by atoms with Crippen LogP contribution in [0.2, 0.25) is 0 Å². The maximum atomic E-state index is 5.59. The number of nitrogens with zero attached hydrogens (tertiary/aromatic N) is 1. The predicted octanol–water partition coefficient (Wildman–Crippen LogP) is 2.90. The van der Waals surface area contributed by atoms with Gasteiger partial charge in [-0.2, -0.15) is 0 Å². The molecule has 0 bridgehead atoms. The number of hydrogen-bond donors (Lipinski definition) is 1. The quantitative estimate of drug-likeness (QED) is 0.777. The molecular weight excluding hydrogens is 196 g/mol. The van der Waals surface area contributed by atoms with Crippen LogP contribution in [0.4, 0.5) is 0 Å². The zero-order valence-corrected chi connectivity index (χ0v) is 9.64. The van der Waals surface area contributed by atoms with Crippen molar-refractivity contribution in [1.29, 1.82) is 0 Å². The van der Waals surface area contributed by atoms with E-state index in [0.29, 0.717) is 5.92 Å². The van der Waals surface area contributed by atoms with Crippen molar-refractivity contribution in [3.63, 3.8) is 0 Å². The molecule has 1 unspecified atom stereocenters. The van der Waals surface area contributed by atoms with Gasteiger partial charge in [0.05, 0.1) is 5.69 Å². The van der Waals surface area contributed by atoms with Gasteiger partial charge < -0.3 is 5.73 Å². The van der Waals surface area contributed by atoms with Crippen LogP contribution in [-0.4, -0.2) is 4.98 Å². The maximum absolute atomic E-state index is 5.59. The van der Waals surface area contributed by atoms with Crippen LogP contribution in [0.25, 0.3) is 5.57 Å². The zero-order chi connectivity index (χ0) is 11.5. The third-order valence-corrected chi connectivity index (χ3v) is 3.15. The van der Waals surface area contributed by atoms with E-state index in [1.54, 1.807) is 6.20 Å². The Labute approximate surface area is 96.2 Å². The molecule has 1 aromatic rings. The summed E-state index contributed by atoms with van der Waals surface area (Å²) in [5.74, 6) is 0.368. The lowest BCUT2D eigenvalue weighted by atomic mass is 9.85. The predicted molar refractivity (Wildman–Crippen MR) is 67.4 cm³/mol. The number of hydrogen-bond acceptors (Lipinski definition) is 2. The summed E-state index contributed by atoms with van der Waals surface area (Å²) in [4.78, 5) is 4.38. The fourth-order valence-corrected chi connectivity index (χ4v) is 1.95. The molecule has 0 amide bonds. The smallest absolute Gasteiger partial charge is 0.0701 e. The highest BCUT2D eigenvalue weighted by molar-refractivity contribution is 5.77. The average Bonchev–Trinajstić information content (AvgIpc) is 2.34. The fraction of sp³-hybridized carbons (Fsp3) is 0.214. The van der Waals surface area contributed by atoms with Crippen molar-refractivity contribution in [1.82, 2.24) is 4.98 Å². The van der Waals surface area contributed by atoms with E-state index in [1.807, 2.05) is 24.4 Å². The fourth-order valence-electron chi connectivity index (χ4n) is 1.95. The minimum absolute atomic E-state index is 0.368. The van der Waals surface area contributed by atoms with Gasteiger partial charge in [0.15, 0.2) is 0 Å². The van der Waals surface area contributed by atoms with Crippen LogP contribution in [0, 0.1) is 5.92 Å². The van der Waals surface area contributed by atoms with Gasteiger partial charge in [-0.05, 0) is 36.4 Å². The molecule has 1 aliphatic carbocycles. The lowest BCUT2D eigenvalue weighted by Crippen LogP contribution is -2.08. The van der Waals surface area contributed by atoms with Crippen molar-refractivity contribution in [3.8, 4) is 0 Å². The van der Waals surface area contributed by atoms with Crippen molar-refractivity contribution in [2.24, 2.45) is 11.7 Å². The number of pyridine rings is 1. The summed E-state index contributed by atoms with van der Waals surface area (Å²) in [5, 5.41) is 0. The van der Waals surface area contributed by atoms with Crippen molar-refractivity contribution < 1.29 is 0 Å². The molecule has 0 aromatic carbocycles. The van der Waals surface area contributed by atoms with Crippen molar-refractivity contribution in [2.75, 3.05) is 0 Å². The summed E-state index contributed by atoms with van der Waals surface area (Å²) in [7, 11) is 0. The summed E-state index contributed by atoms with van der Waals surface area (Å²) < 4.78 is 0. The van der Waals surface area contributed by atoms with Gasteiger partial charge >= 0.3 is 0 Å². The van der Waals surface area contributed by atoms with Gasteiger partial charge in [0.2, 0.25) is 0 Å². The van der Waals surface area contributed by atoms with E-state index in [9.17, 15) is 0 Å². The molecule has 1 aliphatic rings. The highest BCUT2D eigenvalue weighted by atomic mass is 14.7. The molecule has 0 saturated heterocycles. The van der Waals surface area contributed by atoms with Gasteiger partial charge in [-0.1, -0.05) is 30.7 Å². The Morgan fingerprint density at radius 1 is 1.31 bits per heavy atom. The Hall–Kier alpha value is -1.83. The highest BCUT2D eigenvalue weighted by Crippen LogP contribution is 2.32. The second-order valence-electron chi connectivity index (χ2n) is 4.03. The van der Waals surface area contributed by atoms with E-state index < -0.39 is 0 Å². The number of rotatable bonds is 1. The van der Waals surface area contributed by atoms with Crippen LogP contribution in [0.1, 0.15) is 19.5 Å². The van der Waals surface area contributed by atoms with E-state index in [4.69, 9.17) is 5.73 Å². The Morgan fingerprint density at radius 2 is 2.12 bits per heavy atom. The first kappa shape index (κ1) is 10.7. The standard InChI is InChI=1S/C14H16N2/c1-10-11(2)13(7-6-12(10)9-15)14-5-3-4-8-16-14/h3-10H,15H2,1-2H3. The molecule has 1 aromatic heterocycles. The van der Waals surface area contributed by atoms with Crippen molar-refractivity contribution in [2.45, 2.75) is 13.8 Å². The monoisotopic (exact) mass is 212 g/mol. The second-order valence-corrected chi connectivity index (χ2v) is 4.03. The Bertz CT molecular complexity index is 467. The summed E-state index contributed by atoms with van der Waals surface area (Å²) in [6.07, 6.45) is 7.67. The first-order valence-corrected chi connectivity index (χ1v) is 5.46. The van der Waals surface area contributed by atoms with Crippen LogP contribution in [0.15, 0.2) is 53.9 Å². The molecule has 82 valence electrons. The molecule has 1 atom stereocenters. The van der Waals surface area contributed by atoms with Crippen LogP contribution in [-0.2, 0) is 0 Å². The van der Waals surface area contributed by atoms with Gasteiger partial charge in [-0.15, -0.1) is 0 Å². The van der Waals surface area contributed by atoms with Crippen LogP contribution in [0.3, 0.4) is 0 Å². The van der Waals surface area contributed by atoms with Gasteiger partial charge in [-0.3, -0.25) is 4.98 Å². The molecule has 2 rings (SSSR count). The Morgan fingerprint density at radius 3 is 2.75 bits per heavy atom. The minimum Gasteiger partial charge on any atom is -0.404 e. The third-order valence-electron chi connectivity index (χ3n) is 3.15. The van der Waals surface area contributed by atoms with Crippen molar-refractivity contribution >= 4 is 5.57 Å². The molecule has 16 heavy (non-hydrogen) atoms. The molecule has 1 heterocycles. The van der Waals surface area contributed by atoms with E-state index in [1.165, 1.54) is 11.1 Å². The topological polar surface area (TPSA) is 38.9 Å². The molecule has 0 fully saturated rings. The molecule has 2 heteroatoms. The first-order chi connectivity index (χ1) is 7.74. The summed E-state index contributed by atoms with van der Waals surface area (Å²) in [5.41, 5.74) is 10.3. The molecule has 2 N–H and O–H groups in total. The van der Waals surface area contributed by atoms with E-state index >= 15 is 0 Å². The maximum Gasteiger partial charge on any atom is 0.0701 e. The normalized spacial score (nSPS) is 22.9. The van der Waals surface area contributed by atoms with E-state index in [2.05, 4.69) is 31.0 Å². The third kappa shape index (κ3) is 1.78. The minimum atomic E-state index is 0.368. The number of allylic oxidation sites excluding steroid dienone is 5. The SMILES string of the molecule is CC1=C(c2ccccn2)C=CC(=CN)C1C. The molecular formula is C14H16N2. The summed E-state index contributed by atoms with van der Waals surface area (Å²) in [6, 6.07) is 5.98. The lowest BCUT2D eigenvalue weighted by Gasteiger charge is -2.21.